The third kappa shape index (κ3) is 13.9. The first-order chi connectivity index (χ1) is 45.2. The summed E-state index contributed by atoms with van der Waals surface area (Å²) in [5.74, 6) is 0. The van der Waals surface area contributed by atoms with Gasteiger partial charge in [-0.15, -0.1) is 0 Å². The Balaban J connectivity index is 0.000000490. The van der Waals surface area contributed by atoms with Gasteiger partial charge in [-0.25, -0.2) is 0 Å². The Morgan fingerprint density at radius 1 is 0.372 bits per heavy atom. The molecule has 0 radical (unpaired) electrons. The van der Waals surface area contributed by atoms with Gasteiger partial charge in [0.1, 0.15) is 0 Å². The Labute approximate surface area is 563 Å². The highest BCUT2D eigenvalue weighted by atomic mass is 15.1. The Kier molecular flexibility index (Phi) is 19.6. The normalized spacial score (nSPS) is 12.3. The van der Waals surface area contributed by atoms with E-state index in [1.54, 1.807) is 0 Å². The van der Waals surface area contributed by atoms with Crippen molar-refractivity contribution in [2.75, 3.05) is 4.90 Å². The number of rotatable bonds is 18. The van der Waals surface area contributed by atoms with Crippen molar-refractivity contribution < 1.29 is 0 Å². The number of anilines is 3. The van der Waals surface area contributed by atoms with E-state index in [-0.39, 0.29) is 28.4 Å². The molecule has 0 amide bonds. The lowest BCUT2D eigenvalue weighted by molar-refractivity contribution is 0.638. The molecule has 0 heterocycles. The van der Waals surface area contributed by atoms with Crippen molar-refractivity contribution in [3.63, 3.8) is 0 Å². The summed E-state index contributed by atoms with van der Waals surface area (Å²) in [7, 11) is 0. The molecule has 12 aromatic carbocycles. The second kappa shape index (κ2) is 28.0. The fraction of sp³-hybridized carbons (Fsp3) is 0.217. The fourth-order valence-corrected chi connectivity index (χ4v) is 14.2. The van der Waals surface area contributed by atoms with Crippen LogP contribution in [-0.2, 0) is 28.1 Å². The summed E-state index contributed by atoms with van der Waals surface area (Å²) in [5.41, 5.74) is 25.2. The first kappa shape index (κ1) is 66.0. The molecule has 2 heteroatoms. The van der Waals surface area contributed by atoms with Crippen LogP contribution in [0.2, 0.25) is 0 Å². The predicted molar refractivity (Wildman–Crippen MR) is 410 cm³/mol. The fourth-order valence-electron chi connectivity index (χ4n) is 14.2. The van der Waals surface area contributed by atoms with E-state index < -0.39 is 0 Å². The number of aryl methyl sites for hydroxylation is 4. The molecule has 0 bridgehead atoms. The molecule has 0 saturated heterocycles. The van der Waals surface area contributed by atoms with Crippen LogP contribution in [0.1, 0.15) is 148 Å². The van der Waals surface area contributed by atoms with Crippen molar-refractivity contribution in [3.8, 4) is 0 Å². The molecule has 12 aromatic rings. The van der Waals surface area contributed by atoms with E-state index in [1.165, 1.54) is 116 Å². The summed E-state index contributed by atoms with van der Waals surface area (Å²) < 4.78 is 0. The topological polar surface area (TPSA) is 3.24 Å². The van der Waals surface area contributed by atoms with Gasteiger partial charge in [-0.2, -0.15) is 0 Å². The second-order valence-electron chi connectivity index (χ2n) is 28.2. The smallest absolute Gasteiger partial charge is 0.242 e. The van der Waals surface area contributed by atoms with Gasteiger partial charge in [-0.05, 0) is 161 Å². The lowest BCUT2D eigenvalue weighted by atomic mass is 9.33. The third-order valence-electron chi connectivity index (χ3n) is 20.5. The number of fused-ring (bicyclic) bond motifs is 2. The summed E-state index contributed by atoms with van der Waals surface area (Å²) in [6, 6.07) is 102. The zero-order valence-electron chi connectivity index (χ0n) is 58.2. The minimum atomic E-state index is -0.261. The second-order valence-corrected chi connectivity index (χ2v) is 28.2. The molecule has 0 aliphatic rings. The van der Waals surface area contributed by atoms with Crippen LogP contribution in [0.5, 0.6) is 0 Å². The molecule has 94 heavy (non-hydrogen) atoms. The van der Waals surface area contributed by atoms with Crippen LogP contribution in [0.15, 0.2) is 297 Å². The van der Waals surface area contributed by atoms with Gasteiger partial charge in [0.25, 0.3) is 0 Å². The Morgan fingerprint density at radius 2 is 0.787 bits per heavy atom. The summed E-state index contributed by atoms with van der Waals surface area (Å²) in [6.07, 6.45) is 8.73. The standard InChI is InChI=1S/C76H76BN.C16H18/c1-12-14-29-62(13-2)74(6,7)67-43-37-61(48-56-35-41-65(42-36-56)75(8,9)63-30-17-15-18-31-63)72(52-67)77(71-51-66(40-34-53(71)3)76(10,11)64-32-19-16-20-33-64)73-54(4)46-70(47-55(73)5)78(68-44-38-57-25-21-23-27-59(57)49-68)69-45-39-58-26-22-24-28-60(58)50-69;1-13-9-11-15(12-10-13)16(2,3)14-7-5-4-6-8-14/h13-47,49-52H,12,48H2,1-11H3;4-12H,1-3H3/b29-14-,62-13+;. The highest BCUT2D eigenvalue weighted by molar-refractivity contribution is 6.96. The van der Waals surface area contributed by atoms with Gasteiger partial charge >= 0.3 is 0 Å². The molecule has 0 fully saturated rings. The SMILES string of the molecule is C/C=C(\C=C/CC)C(C)(C)c1ccc(Cc2ccc(C(C)(C)c3ccccc3)cc2)c(B(c2cc(C(C)(C)c3ccccc3)ccc2C)c2c(C)cc(N(c3ccc4ccccc4c3)c3ccc4ccccc4c3)cc2C)c1.Cc1ccc(C(C)(C)c2ccccc2)cc1. The third-order valence-corrected chi connectivity index (χ3v) is 20.5. The van der Waals surface area contributed by atoms with E-state index in [0.29, 0.717) is 0 Å². The highest BCUT2D eigenvalue weighted by Gasteiger charge is 2.35. The van der Waals surface area contributed by atoms with Crippen LogP contribution in [0.4, 0.5) is 17.1 Å². The minimum Gasteiger partial charge on any atom is -0.310 e. The van der Waals surface area contributed by atoms with Crippen molar-refractivity contribution in [2.45, 2.75) is 131 Å². The first-order valence-corrected chi connectivity index (χ1v) is 34.0. The molecule has 0 aliphatic heterocycles. The van der Waals surface area contributed by atoms with Gasteiger partial charge in [0.15, 0.2) is 0 Å². The summed E-state index contributed by atoms with van der Waals surface area (Å²) >= 11 is 0. The molecular weight excluding hydrogens is 1130 g/mol. The average molecular weight is 1220 g/mol. The quantitative estimate of drug-likeness (QED) is 0.0611. The number of hydrogen-bond donors (Lipinski definition) is 0. The Hall–Kier alpha value is -9.50. The zero-order chi connectivity index (χ0) is 66.4. The molecule has 0 unspecified atom stereocenters. The summed E-state index contributed by atoms with van der Waals surface area (Å²) in [5, 5.41) is 4.90. The predicted octanol–water partition coefficient (Wildman–Crippen LogP) is 22.7. The van der Waals surface area contributed by atoms with Gasteiger partial charge in [-0.3, -0.25) is 0 Å². The van der Waals surface area contributed by atoms with Gasteiger partial charge in [0.2, 0.25) is 6.71 Å². The minimum absolute atomic E-state index is 0.0783. The maximum Gasteiger partial charge on any atom is 0.242 e. The van der Waals surface area contributed by atoms with Crippen molar-refractivity contribution in [1.29, 1.82) is 0 Å². The monoisotopic (exact) mass is 1220 g/mol. The highest BCUT2D eigenvalue weighted by Crippen LogP contribution is 2.40. The first-order valence-electron chi connectivity index (χ1n) is 34.0. The average Bonchev–Trinajstić information content (AvgIpc) is 0.754. The van der Waals surface area contributed by atoms with Crippen LogP contribution in [0, 0.1) is 27.7 Å². The van der Waals surface area contributed by atoms with Gasteiger partial charge in [0.05, 0.1) is 0 Å². The maximum atomic E-state index is 2.59. The molecule has 0 N–H and O–H groups in total. The number of benzene rings is 12. The summed E-state index contributed by atoms with van der Waals surface area (Å²) in [4.78, 5) is 2.46. The lowest BCUT2D eigenvalue weighted by Gasteiger charge is -2.32. The summed E-state index contributed by atoms with van der Waals surface area (Å²) in [6.45, 7) is 32.3. The van der Waals surface area contributed by atoms with E-state index in [9.17, 15) is 0 Å². The molecule has 470 valence electrons. The number of hydrogen-bond acceptors (Lipinski definition) is 1. The van der Waals surface area contributed by atoms with Crippen LogP contribution < -0.4 is 21.3 Å². The van der Waals surface area contributed by atoms with E-state index in [0.717, 1.165) is 29.9 Å². The molecule has 0 atom stereocenters. The Morgan fingerprint density at radius 3 is 1.27 bits per heavy atom. The largest absolute Gasteiger partial charge is 0.310 e. The van der Waals surface area contributed by atoms with E-state index in [4.69, 9.17) is 0 Å². The van der Waals surface area contributed by atoms with Crippen molar-refractivity contribution >= 4 is 61.7 Å². The molecule has 0 spiro atoms. The van der Waals surface area contributed by atoms with Crippen LogP contribution >= 0.6 is 0 Å². The molecule has 0 saturated carbocycles. The lowest BCUT2D eigenvalue weighted by Crippen LogP contribution is -2.56. The van der Waals surface area contributed by atoms with Crippen LogP contribution in [-0.4, -0.2) is 6.71 Å². The molecule has 0 aromatic heterocycles. The van der Waals surface area contributed by atoms with Crippen molar-refractivity contribution in [2.24, 2.45) is 0 Å². The molecule has 1 nitrogen and oxygen atoms in total. The van der Waals surface area contributed by atoms with Crippen molar-refractivity contribution in [3.05, 3.63) is 369 Å². The Bertz CT molecular complexity index is 4540. The van der Waals surface area contributed by atoms with Gasteiger partial charge in [-0.1, -0.05) is 356 Å². The van der Waals surface area contributed by atoms with Crippen LogP contribution in [0.25, 0.3) is 21.5 Å². The zero-order valence-corrected chi connectivity index (χ0v) is 58.2. The van der Waals surface area contributed by atoms with E-state index in [1.807, 2.05) is 0 Å². The molecular formula is C92H94BN. The maximum absolute atomic E-state index is 2.59. The van der Waals surface area contributed by atoms with Crippen molar-refractivity contribution in [1.82, 2.24) is 0 Å². The molecule has 12 rings (SSSR count). The van der Waals surface area contributed by atoms with E-state index in [2.05, 4.69) is 393 Å². The van der Waals surface area contributed by atoms with Crippen LogP contribution in [0.3, 0.4) is 0 Å². The number of nitrogens with zero attached hydrogens (tertiary/aromatic N) is 1. The van der Waals surface area contributed by atoms with Gasteiger partial charge in [0, 0.05) is 38.7 Å². The van der Waals surface area contributed by atoms with Gasteiger partial charge < -0.3 is 4.90 Å². The number of allylic oxidation sites excluding steroid dienone is 4. The van der Waals surface area contributed by atoms with E-state index >= 15 is 0 Å². The molecule has 0 aliphatic carbocycles.